The van der Waals surface area contributed by atoms with Crippen molar-refractivity contribution in [3.8, 4) is 5.75 Å². The number of carbonyl (C=O) groups excluding carboxylic acids is 1. The number of hydrogen-bond acceptors (Lipinski definition) is 6. The quantitative estimate of drug-likeness (QED) is 0.544. The van der Waals surface area contributed by atoms with Crippen molar-refractivity contribution in [3.05, 3.63) is 71.5 Å². The molecule has 0 bridgehead atoms. The Labute approximate surface area is 185 Å². The lowest BCUT2D eigenvalue weighted by Gasteiger charge is -2.35. The van der Waals surface area contributed by atoms with Crippen molar-refractivity contribution in [1.29, 1.82) is 0 Å². The molecule has 0 N–H and O–H groups in total. The van der Waals surface area contributed by atoms with Crippen molar-refractivity contribution in [2.45, 2.75) is 11.8 Å². The fourth-order valence-electron chi connectivity index (χ4n) is 3.45. The second-order valence-electron chi connectivity index (χ2n) is 7.11. The molecule has 6 nitrogen and oxygen atoms in total. The molecule has 1 fully saturated rings. The van der Waals surface area contributed by atoms with Crippen LogP contribution < -0.4 is 9.64 Å². The number of benzene rings is 2. The Morgan fingerprint density at radius 1 is 1.13 bits per heavy atom. The average molecular weight is 443 g/mol. The molecule has 1 atom stereocenters. The standard InChI is InChI=1S/C22H23ClN4O2S/c1-29-18-9-5-6-16(14-18)15-19-24-22(30-25-19)27-12-10-26(11-13-27)21(28)20(23)17-7-3-2-4-8-17/h2-9,14,20H,10-13,15H2,1H3. The lowest BCUT2D eigenvalue weighted by molar-refractivity contribution is -0.131. The predicted molar refractivity (Wildman–Crippen MR) is 120 cm³/mol. The lowest BCUT2D eigenvalue weighted by Crippen LogP contribution is -2.49. The number of hydrogen-bond donors (Lipinski definition) is 0. The molecule has 1 aliphatic heterocycles. The number of piperazine rings is 1. The van der Waals surface area contributed by atoms with Crippen LogP contribution in [0.25, 0.3) is 0 Å². The summed E-state index contributed by atoms with van der Waals surface area (Å²) in [7, 11) is 1.66. The molecule has 1 unspecified atom stereocenters. The first-order valence-electron chi connectivity index (χ1n) is 9.82. The molecule has 0 spiro atoms. The first kappa shape index (κ1) is 20.6. The van der Waals surface area contributed by atoms with Gasteiger partial charge in [0.15, 0.2) is 0 Å². The molecule has 8 heteroatoms. The van der Waals surface area contributed by atoms with E-state index in [0.29, 0.717) is 19.5 Å². The Morgan fingerprint density at radius 3 is 2.63 bits per heavy atom. The molecule has 156 valence electrons. The summed E-state index contributed by atoms with van der Waals surface area (Å²) in [5.74, 6) is 1.59. The van der Waals surface area contributed by atoms with Crippen LogP contribution in [0.3, 0.4) is 0 Å². The Kier molecular flexibility index (Phi) is 6.50. The van der Waals surface area contributed by atoms with Gasteiger partial charge in [0.05, 0.1) is 7.11 Å². The van der Waals surface area contributed by atoms with Gasteiger partial charge in [-0.05, 0) is 23.3 Å². The second-order valence-corrected chi connectivity index (χ2v) is 8.27. The molecule has 0 aliphatic carbocycles. The number of anilines is 1. The van der Waals surface area contributed by atoms with Gasteiger partial charge in [-0.25, -0.2) is 4.98 Å². The van der Waals surface area contributed by atoms with Crippen LogP contribution in [0.1, 0.15) is 22.3 Å². The van der Waals surface area contributed by atoms with Gasteiger partial charge in [-0.3, -0.25) is 4.79 Å². The first-order valence-corrected chi connectivity index (χ1v) is 11.0. The van der Waals surface area contributed by atoms with Gasteiger partial charge >= 0.3 is 0 Å². The summed E-state index contributed by atoms with van der Waals surface area (Å²) in [5, 5.41) is 0.249. The third-order valence-corrected chi connectivity index (χ3v) is 6.38. The molecule has 2 aromatic carbocycles. The zero-order chi connectivity index (χ0) is 20.9. The highest BCUT2D eigenvalue weighted by Crippen LogP contribution is 2.25. The molecule has 1 saturated heterocycles. The van der Waals surface area contributed by atoms with Crippen LogP contribution in [0, 0.1) is 0 Å². The number of amides is 1. The summed E-state index contributed by atoms with van der Waals surface area (Å²) in [4.78, 5) is 21.5. The van der Waals surface area contributed by atoms with E-state index in [9.17, 15) is 4.79 Å². The van der Waals surface area contributed by atoms with Gasteiger partial charge in [0.1, 0.15) is 17.0 Å². The van der Waals surface area contributed by atoms with E-state index >= 15 is 0 Å². The monoisotopic (exact) mass is 442 g/mol. The molecule has 4 rings (SSSR count). The smallest absolute Gasteiger partial charge is 0.245 e. The molecule has 1 aromatic heterocycles. The SMILES string of the molecule is COc1cccc(Cc2nsc(N3CCN(C(=O)C(Cl)c4ccccc4)CC3)n2)c1. The van der Waals surface area contributed by atoms with E-state index in [1.165, 1.54) is 11.5 Å². The van der Waals surface area contributed by atoms with Crippen molar-refractivity contribution in [1.82, 2.24) is 14.3 Å². The Bertz CT molecular complexity index is 990. The number of halogens is 1. The van der Waals surface area contributed by atoms with Crippen LogP contribution in [0.2, 0.25) is 0 Å². The van der Waals surface area contributed by atoms with Crippen LogP contribution in [-0.4, -0.2) is 53.5 Å². The van der Waals surface area contributed by atoms with Gasteiger partial charge in [0.25, 0.3) is 0 Å². The van der Waals surface area contributed by atoms with Gasteiger partial charge in [0.2, 0.25) is 11.0 Å². The maximum absolute atomic E-state index is 12.7. The Balaban J connectivity index is 1.34. The molecule has 2 heterocycles. The number of nitrogens with zero attached hydrogens (tertiary/aromatic N) is 4. The largest absolute Gasteiger partial charge is 0.497 e. The van der Waals surface area contributed by atoms with Crippen molar-refractivity contribution >= 4 is 34.2 Å². The maximum Gasteiger partial charge on any atom is 0.245 e. The van der Waals surface area contributed by atoms with E-state index in [1.54, 1.807) is 7.11 Å². The predicted octanol–water partition coefficient (Wildman–Crippen LogP) is 3.77. The van der Waals surface area contributed by atoms with Crippen LogP contribution in [0.15, 0.2) is 54.6 Å². The minimum Gasteiger partial charge on any atom is -0.497 e. The van der Waals surface area contributed by atoms with Gasteiger partial charge in [0, 0.05) is 44.1 Å². The highest BCUT2D eigenvalue weighted by molar-refractivity contribution is 7.09. The highest BCUT2D eigenvalue weighted by atomic mass is 35.5. The summed E-state index contributed by atoms with van der Waals surface area (Å²) in [6.07, 6.45) is 0.664. The Morgan fingerprint density at radius 2 is 1.90 bits per heavy atom. The number of methoxy groups -OCH3 is 1. The molecule has 0 saturated carbocycles. The highest BCUT2D eigenvalue weighted by Gasteiger charge is 2.28. The van der Waals surface area contributed by atoms with E-state index in [1.807, 2.05) is 59.5 Å². The van der Waals surface area contributed by atoms with Crippen LogP contribution in [-0.2, 0) is 11.2 Å². The number of alkyl halides is 1. The minimum absolute atomic E-state index is 0.0431. The summed E-state index contributed by atoms with van der Waals surface area (Å²) < 4.78 is 9.79. The molecule has 0 radical (unpaired) electrons. The second kappa shape index (κ2) is 9.45. The average Bonchev–Trinajstić information content (AvgIpc) is 3.27. The van der Waals surface area contributed by atoms with Crippen molar-refractivity contribution in [3.63, 3.8) is 0 Å². The van der Waals surface area contributed by atoms with Gasteiger partial charge in [-0.15, -0.1) is 11.6 Å². The number of carbonyl (C=O) groups is 1. The molecule has 1 amide bonds. The van der Waals surface area contributed by atoms with Gasteiger partial charge in [-0.1, -0.05) is 42.5 Å². The maximum atomic E-state index is 12.7. The van der Waals surface area contributed by atoms with E-state index in [2.05, 4.69) is 9.27 Å². The molecular formula is C22H23ClN4O2S. The van der Waals surface area contributed by atoms with Gasteiger partial charge in [-0.2, -0.15) is 4.37 Å². The fraction of sp³-hybridized carbons (Fsp3) is 0.318. The number of ether oxygens (including phenoxy) is 1. The molecular weight excluding hydrogens is 420 g/mol. The lowest BCUT2D eigenvalue weighted by atomic mass is 10.1. The zero-order valence-corrected chi connectivity index (χ0v) is 18.3. The zero-order valence-electron chi connectivity index (χ0n) is 16.7. The molecule has 30 heavy (non-hydrogen) atoms. The number of rotatable bonds is 6. The van der Waals surface area contributed by atoms with E-state index < -0.39 is 5.38 Å². The Hall–Kier alpha value is -2.64. The normalized spacial score (nSPS) is 15.1. The third-order valence-electron chi connectivity index (χ3n) is 5.12. The van der Waals surface area contributed by atoms with Crippen molar-refractivity contribution in [2.75, 3.05) is 38.2 Å². The van der Waals surface area contributed by atoms with E-state index in [4.69, 9.17) is 21.3 Å². The van der Waals surface area contributed by atoms with Gasteiger partial charge < -0.3 is 14.5 Å². The van der Waals surface area contributed by atoms with E-state index in [-0.39, 0.29) is 5.91 Å². The third kappa shape index (κ3) is 4.74. The van der Waals surface area contributed by atoms with Crippen LogP contribution in [0.5, 0.6) is 5.75 Å². The summed E-state index contributed by atoms with van der Waals surface area (Å²) in [5.41, 5.74) is 1.95. The summed E-state index contributed by atoms with van der Waals surface area (Å²) >= 11 is 7.81. The minimum atomic E-state index is -0.645. The fourth-order valence-corrected chi connectivity index (χ4v) is 4.47. The first-order chi connectivity index (χ1) is 14.6. The molecule has 3 aromatic rings. The van der Waals surface area contributed by atoms with Crippen LogP contribution in [0.4, 0.5) is 5.13 Å². The summed E-state index contributed by atoms with van der Waals surface area (Å²) in [6.45, 7) is 2.69. The van der Waals surface area contributed by atoms with E-state index in [0.717, 1.165) is 40.9 Å². The van der Waals surface area contributed by atoms with Crippen molar-refractivity contribution < 1.29 is 9.53 Å². The van der Waals surface area contributed by atoms with Crippen molar-refractivity contribution in [2.24, 2.45) is 0 Å². The molecule has 1 aliphatic rings. The summed E-state index contributed by atoms with van der Waals surface area (Å²) in [6, 6.07) is 17.4. The number of aromatic nitrogens is 2. The van der Waals surface area contributed by atoms with Crippen LogP contribution >= 0.6 is 23.1 Å². The topological polar surface area (TPSA) is 58.6 Å².